The molecule has 0 saturated carbocycles. The third-order valence-electron chi connectivity index (χ3n) is 3.81. The molecule has 3 nitrogen and oxygen atoms in total. The van der Waals surface area contributed by atoms with E-state index >= 15 is 0 Å². The largest absolute Gasteiger partial charge is 0.314 e. The van der Waals surface area contributed by atoms with Crippen LogP contribution in [-0.4, -0.2) is 35.6 Å². The minimum absolute atomic E-state index is 0.689. The normalized spacial score (nSPS) is 12.8. The summed E-state index contributed by atoms with van der Waals surface area (Å²) >= 11 is 0. The van der Waals surface area contributed by atoms with Crippen LogP contribution >= 0.6 is 0 Å². The lowest BCUT2D eigenvalue weighted by Crippen LogP contribution is -2.31. The minimum atomic E-state index is 0.689. The van der Waals surface area contributed by atoms with Gasteiger partial charge in [-0.1, -0.05) is 20.8 Å². The maximum absolute atomic E-state index is 4.08. The predicted molar refractivity (Wildman–Crippen MR) is 86.8 cm³/mol. The molecular formula is C17H31N3. The van der Waals surface area contributed by atoms with E-state index in [0.717, 1.165) is 19.6 Å². The summed E-state index contributed by atoms with van der Waals surface area (Å²) in [6.45, 7) is 11.2. The number of rotatable bonds is 11. The van der Waals surface area contributed by atoms with Crippen LogP contribution < -0.4 is 5.32 Å². The summed E-state index contributed by atoms with van der Waals surface area (Å²) in [5.41, 5.74) is 1.36. The van der Waals surface area contributed by atoms with Gasteiger partial charge in [0, 0.05) is 25.0 Å². The van der Waals surface area contributed by atoms with Gasteiger partial charge in [-0.05, 0) is 63.0 Å². The molecule has 0 aromatic carbocycles. The van der Waals surface area contributed by atoms with Crippen molar-refractivity contribution in [2.75, 3.05) is 19.6 Å². The summed E-state index contributed by atoms with van der Waals surface area (Å²) in [7, 11) is 0. The first-order valence-corrected chi connectivity index (χ1v) is 8.14. The predicted octanol–water partition coefficient (Wildman–Crippen LogP) is 3.46. The monoisotopic (exact) mass is 277 g/mol. The van der Waals surface area contributed by atoms with Crippen LogP contribution in [-0.2, 0) is 6.54 Å². The number of nitrogens with zero attached hydrogens (tertiary/aromatic N) is 2. The average Bonchev–Trinajstić information content (AvgIpc) is 2.50. The zero-order valence-electron chi connectivity index (χ0n) is 13.4. The molecule has 1 aromatic heterocycles. The molecule has 0 aliphatic carbocycles. The van der Waals surface area contributed by atoms with E-state index in [1.165, 1.54) is 37.8 Å². The van der Waals surface area contributed by atoms with E-state index in [2.05, 4.69) is 48.1 Å². The lowest BCUT2D eigenvalue weighted by molar-refractivity contribution is 0.266. The number of pyridine rings is 1. The van der Waals surface area contributed by atoms with E-state index < -0.39 is 0 Å². The van der Waals surface area contributed by atoms with Gasteiger partial charge in [-0.25, -0.2) is 0 Å². The molecule has 0 aliphatic rings. The summed E-state index contributed by atoms with van der Waals surface area (Å²) in [5, 5.41) is 3.63. The lowest BCUT2D eigenvalue weighted by Gasteiger charge is -2.22. The number of hydrogen-bond acceptors (Lipinski definition) is 3. The Morgan fingerprint density at radius 2 is 1.95 bits per heavy atom. The molecule has 0 saturated heterocycles. The summed E-state index contributed by atoms with van der Waals surface area (Å²) in [6.07, 6.45) is 8.77. The highest BCUT2D eigenvalue weighted by Gasteiger charge is 2.07. The van der Waals surface area contributed by atoms with E-state index in [1.54, 1.807) is 0 Å². The van der Waals surface area contributed by atoms with Crippen molar-refractivity contribution in [2.24, 2.45) is 0 Å². The van der Waals surface area contributed by atoms with Crippen molar-refractivity contribution < 1.29 is 0 Å². The van der Waals surface area contributed by atoms with Crippen molar-refractivity contribution in [3.05, 3.63) is 30.1 Å². The fourth-order valence-corrected chi connectivity index (χ4v) is 2.46. The summed E-state index contributed by atoms with van der Waals surface area (Å²) < 4.78 is 0. The van der Waals surface area contributed by atoms with Gasteiger partial charge in [0.05, 0.1) is 0 Å². The van der Waals surface area contributed by atoms with E-state index in [-0.39, 0.29) is 0 Å². The fraction of sp³-hybridized carbons (Fsp3) is 0.706. The van der Waals surface area contributed by atoms with Crippen molar-refractivity contribution in [1.82, 2.24) is 15.2 Å². The van der Waals surface area contributed by atoms with E-state index in [9.17, 15) is 0 Å². The Bertz CT molecular complexity index is 326. The Hall–Kier alpha value is -0.930. The first-order valence-electron chi connectivity index (χ1n) is 8.14. The molecule has 114 valence electrons. The van der Waals surface area contributed by atoms with E-state index in [1.807, 2.05) is 12.4 Å². The van der Waals surface area contributed by atoms with Crippen LogP contribution in [0.1, 0.15) is 52.0 Å². The summed E-state index contributed by atoms with van der Waals surface area (Å²) in [4.78, 5) is 6.59. The van der Waals surface area contributed by atoms with Gasteiger partial charge in [0.25, 0.3) is 0 Å². The zero-order chi connectivity index (χ0) is 14.6. The molecule has 1 unspecified atom stereocenters. The molecule has 20 heavy (non-hydrogen) atoms. The summed E-state index contributed by atoms with van der Waals surface area (Å²) in [5.74, 6) is 0. The first kappa shape index (κ1) is 17.1. The van der Waals surface area contributed by atoms with Crippen LogP contribution in [0.25, 0.3) is 0 Å². The molecule has 0 fully saturated rings. The highest BCUT2D eigenvalue weighted by Crippen LogP contribution is 2.07. The van der Waals surface area contributed by atoms with Crippen molar-refractivity contribution >= 4 is 0 Å². The highest BCUT2D eigenvalue weighted by molar-refractivity contribution is 5.09. The molecule has 0 bridgehead atoms. The second-order valence-corrected chi connectivity index (χ2v) is 5.43. The van der Waals surface area contributed by atoms with Crippen LogP contribution in [0.2, 0.25) is 0 Å². The average molecular weight is 277 g/mol. The Labute approximate surface area is 124 Å². The number of aromatic nitrogens is 1. The highest BCUT2D eigenvalue weighted by atomic mass is 15.1. The Kier molecular flexibility index (Phi) is 9.25. The summed E-state index contributed by atoms with van der Waals surface area (Å²) in [6, 6.07) is 4.91. The maximum Gasteiger partial charge on any atom is 0.0271 e. The quantitative estimate of drug-likeness (QED) is 0.671. The molecule has 0 spiro atoms. The SMILES string of the molecule is CCCNC(CC)CCCN(CC)Cc1ccncc1. The standard InChI is InChI=1S/C17H31N3/c1-4-11-19-17(5-2)8-7-14-20(6-3)15-16-9-12-18-13-10-16/h9-10,12-13,17,19H,4-8,11,14-15H2,1-3H3. The molecule has 1 heterocycles. The van der Waals surface area contributed by atoms with Crippen molar-refractivity contribution in [1.29, 1.82) is 0 Å². The van der Waals surface area contributed by atoms with Gasteiger partial charge in [0.1, 0.15) is 0 Å². The fourth-order valence-electron chi connectivity index (χ4n) is 2.46. The Morgan fingerprint density at radius 1 is 1.20 bits per heavy atom. The molecule has 0 radical (unpaired) electrons. The van der Waals surface area contributed by atoms with Gasteiger partial charge < -0.3 is 5.32 Å². The van der Waals surface area contributed by atoms with Gasteiger partial charge in [0.2, 0.25) is 0 Å². The van der Waals surface area contributed by atoms with E-state index in [0.29, 0.717) is 6.04 Å². The Morgan fingerprint density at radius 3 is 2.55 bits per heavy atom. The van der Waals surface area contributed by atoms with Gasteiger partial charge in [-0.2, -0.15) is 0 Å². The first-order chi connectivity index (χ1) is 9.80. The van der Waals surface area contributed by atoms with Gasteiger partial charge >= 0.3 is 0 Å². The van der Waals surface area contributed by atoms with E-state index in [4.69, 9.17) is 0 Å². The molecule has 1 N–H and O–H groups in total. The van der Waals surface area contributed by atoms with Gasteiger partial charge in [0.15, 0.2) is 0 Å². The van der Waals surface area contributed by atoms with Gasteiger partial charge in [-0.15, -0.1) is 0 Å². The van der Waals surface area contributed by atoms with Crippen molar-refractivity contribution in [3.63, 3.8) is 0 Å². The third-order valence-corrected chi connectivity index (χ3v) is 3.81. The van der Waals surface area contributed by atoms with Crippen LogP contribution in [0, 0.1) is 0 Å². The molecule has 0 amide bonds. The van der Waals surface area contributed by atoms with Crippen molar-refractivity contribution in [3.8, 4) is 0 Å². The smallest absolute Gasteiger partial charge is 0.0271 e. The second kappa shape index (κ2) is 10.8. The molecule has 3 heteroatoms. The number of nitrogens with one attached hydrogen (secondary N) is 1. The van der Waals surface area contributed by atoms with Crippen LogP contribution in [0.15, 0.2) is 24.5 Å². The van der Waals surface area contributed by atoms with Crippen molar-refractivity contribution in [2.45, 2.75) is 59.0 Å². The van der Waals surface area contributed by atoms with Crippen LogP contribution in [0.4, 0.5) is 0 Å². The maximum atomic E-state index is 4.08. The van der Waals surface area contributed by atoms with Gasteiger partial charge in [-0.3, -0.25) is 9.88 Å². The minimum Gasteiger partial charge on any atom is -0.314 e. The molecular weight excluding hydrogens is 246 g/mol. The number of hydrogen-bond donors (Lipinski definition) is 1. The third kappa shape index (κ3) is 7.01. The second-order valence-electron chi connectivity index (χ2n) is 5.43. The molecule has 1 rings (SSSR count). The lowest BCUT2D eigenvalue weighted by atomic mass is 10.1. The van der Waals surface area contributed by atoms with Crippen LogP contribution in [0.5, 0.6) is 0 Å². The Balaban J connectivity index is 2.27. The molecule has 0 aliphatic heterocycles. The topological polar surface area (TPSA) is 28.2 Å². The molecule has 1 atom stereocenters. The molecule has 1 aromatic rings. The zero-order valence-corrected chi connectivity index (χ0v) is 13.4. The van der Waals surface area contributed by atoms with Crippen LogP contribution in [0.3, 0.4) is 0 Å².